The number of phenols is 1. The summed E-state index contributed by atoms with van der Waals surface area (Å²) in [6.07, 6.45) is 6.97. The summed E-state index contributed by atoms with van der Waals surface area (Å²) in [5, 5.41) is 11.4. The molecule has 0 saturated heterocycles. The van der Waals surface area contributed by atoms with Gasteiger partial charge in [0.2, 0.25) is 0 Å². The molecule has 2 aromatic rings. The zero-order valence-electron chi connectivity index (χ0n) is 13.0. The fraction of sp³-hybridized carbons (Fsp3) is 0.316. The maximum Gasteiger partial charge on any atom is 0.335 e. The normalized spacial score (nSPS) is 10.6. The summed E-state index contributed by atoms with van der Waals surface area (Å²) in [7, 11) is 0. The number of ether oxygens (including phenoxy) is 1. The van der Waals surface area contributed by atoms with E-state index in [2.05, 4.69) is 19.6 Å². The number of rotatable bonds is 7. The van der Waals surface area contributed by atoms with Gasteiger partial charge in [-0.2, -0.15) is 0 Å². The minimum absolute atomic E-state index is 0.0788. The third-order valence-electron chi connectivity index (χ3n) is 3.66. The molecule has 2 rings (SSSR count). The van der Waals surface area contributed by atoms with E-state index in [-0.39, 0.29) is 5.75 Å². The van der Waals surface area contributed by atoms with Crippen molar-refractivity contribution in [2.45, 2.75) is 39.0 Å². The van der Waals surface area contributed by atoms with Gasteiger partial charge in [-0.15, -0.1) is 0 Å². The molecule has 0 bridgehead atoms. The number of carbonyl (C=O) groups excluding carboxylic acids is 1. The Labute approximate surface area is 131 Å². The van der Waals surface area contributed by atoms with E-state index < -0.39 is 5.97 Å². The van der Waals surface area contributed by atoms with Crippen LogP contribution in [0.25, 0.3) is 10.8 Å². The second-order valence-electron chi connectivity index (χ2n) is 5.44. The van der Waals surface area contributed by atoms with E-state index in [9.17, 15) is 9.90 Å². The van der Waals surface area contributed by atoms with Gasteiger partial charge in [-0.1, -0.05) is 44.9 Å². The van der Waals surface area contributed by atoms with Crippen LogP contribution in [-0.4, -0.2) is 11.1 Å². The first-order valence-electron chi connectivity index (χ1n) is 7.74. The molecule has 0 aliphatic carbocycles. The first-order valence-corrected chi connectivity index (χ1v) is 7.74. The monoisotopic (exact) mass is 298 g/mol. The number of hydrogen-bond donors (Lipinski definition) is 1. The van der Waals surface area contributed by atoms with E-state index in [1.807, 2.05) is 12.1 Å². The molecule has 0 saturated carbocycles. The molecule has 0 amide bonds. The van der Waals surface area contributed by atoms with E-state index in [0.29, 0.717) is 5.75 Å². The lowest BCUT2D eigenvalue weighted by Crippen LogP contribution is -2.03. The number of aromatic hydroxyl groups is 1. The Morgan fingerprint density at radius 1 is 1.23 bits per heavy atom. The van der Waals surface area contributed by atoms with Gasteiger partial charge < -0.3 is 9.84 Å². The van der Waals surface area contributed by atoms with E-state index in [0.717, 1.165) is 29.7 Å². The molecule has 116 valence electrons. The van der Waals surface area contributed by atoms with E-state index in [4.69, 9.17) is 4.74 Å². The van der Waals surface area contributed by atoms with Crippen molar-refractivity contribution in [3.05, 3.63) is 48.6 Å². The van der Waals surface area contributed by atoms with Crippen molar-refractivity contribution in [2.75, 3.05) is 0 Å². The summed E-state index contributed by atoms with van der Waals surface area (Å²) in [5.74, 6) is -0.0781. The molecule has 2 aromatic carbocycles. The zero-order chi connectivity index (χ0) is 15.9. The Hall–Kier alpha value is -2.29. The standard InChI is InChI=1S/C19H22O3/c1-3-5-6-7-8-14-9-10-15-12-16(20)13-18(17(15)11-14)22-19(21)4-2/h4,9-13,20H,2-3,5-8H2,1H3. The minimum Gasteiger partial charge on any atom is -0.508 e. The van der Waals surface area contributed by atoms with Gasteiger partial charge in [-0.3, -0.25) is 0 Å². The van der Waals surface area contributed by atoms with Crippen LogP contribution in [0.2, 0.25) is 0 Å². The molecule has 0 radical (unpaired) electrons. The number of aryl methyl sites for hydroxylation is 1. The van der Waals surface area contributed by atoms with Gasteiger partial charge in [0.25, 0.3) is 0 Å². The molecule has 0 aliphatic rings. The molecule has 0 unspecified atom stereocenters. The highest BCUT2D eigenvalue weighted by atomic mass is 16.5. The van der Waals surface area contributed by atoms with Gasteiger partial charge in [0, 0.05) is 17.5 Å². The number of phenolic OH excluding ortho intramolecular Hbond substituents is 1. The first-order chi connectivity index (χ1) is 10.6. The Morgan fingerprint density at radius 3 is 2.77 bits per heavy atom. The Bertz CT molecular complexity index is 674. The number of esters is 1. The molecule has 3 heteroatoms. The fourth-order valence-corrected chi connectivity index (χ4v) is 2.50. The molecule has 0 fully saturated rings. The first kappa shape index (κ1) is 16.1. The molecular formula is C19H22O3. The second kappa shape index (κ2) is 7.64. The average molecular weight is 298 g/mol. The molecule has 1 N–H and O–H groups in total. The maximum atomic E-state index is 11.4. The van der Waals surface area contributed by atoms with Gasteiger partial charge in [0.05, 0.1) is 0 Å². The number of benzene rings is 2. The topological polar surface area (TPSA) is 46.5 Å². The molecule has 22 heavy (non-hydrogen) atoms. The van der Waals surface area contributed by atoms with Crippen LogP contribution in [0.1, 0.15) is 38.2 Å². The van der Waals surface area contributed by atoms with Crippen molar-refractivity contribution in [2.24, 2.45) is 0 Å². The smallest absolute Gasteiger partial charge is 0.335 e. The molecule has 0 atom stereocenters. The summed E-state index contributed by atoms with van der Waals surface area (Å²) in [4.78, 5) is 11.4. The van der Waals surface area contributed by atoms with Gasteiger partial charge in [0.15, 0.2) is 0 Å². The van der Waals surface area contributed by atoms with Gasteiger partial charge in [-0.05, 0) is 35.9 Å². The number of carbonyl (C=O) groups is 1. The van der Waals surface area contributed by atoms with Crippen LogP contribution < -0.4 is 4.74 Å². The predicted molar refractivity (Wildman–Crippen MR) is 89.3 cm³/mol. The van der Waals surface area contributed by atoms with Crippen molar-refractivity contribution < 1.29 is 14.6 Å². The zero-order valence-corrected chi connectivity index (χ0v) is 13.0. The van der Waals surface area contributed by atoms with Gasteiger partial charge in [-0.25, -0.2) is 4.79 Å². The Kier molecular flexibility index (Phi) is 5.59. The highest BCUT2D eigenvalue weighted by Crippen LogP contribution is 2.32. The summed E-state index contributed by atoms with van der Waals surface area (Å²) in [6.45, 7) is 5.59. The Balaban J connectivity index is 2.28. The molecular weight excluding hydrogens is 276 g/mol. The van der Waals surface area contributed by atoms with Crippen LogP contribution in [-0.2, 0) is 11.2 Å². The highest BCUT2D eigenvalue weighted by molar-refractivity contribution is 5.93. The van der Waals surface area contributed by atoms with Gasteiger partial charge in [0.1, 0.15) is 11.5 Å². The lowest BCUT2D eigenvalue weighted by molar-refractivity contribution is -0.128. The third kappa shape index (κ3) is 4.10. The fourth-order valence-electron chi connectivity index (χ4n) is 2.50. The molecule has 0 heterocycles. The highest BCUT2D eigenvalue weighted by Gasteiger charge is 2.09. The number of fused-ring (bicyclic) bond motifs is 1. The quantitative estimate of drug-likeness (QED) is 0.347. The Morgan fingerprint density at radius 2 is 2.05 bits per heavy atom. The largest absolute Gasteiger partial charge is 0.508 e. The average Bonchev–Trinajstić information content (AvgIpc) is 2.51. The minimum atomic E-state index is -0.528. The molecule has 0 aliphatic heterocycles. The molecule has 0 aromatic heterocycles. The molecule has 0 spiro atoms. The van der Waals surface area contributed by atoms with Crippen molar-refractivity contribution in [3.63, 3.8) is 0 Å². The van der Waals surface area contributed by atoms with Crippen molar-refractivity contribution in [1.29, 1.82) is 0 Å². The van der Waals surface area contributed by atoms with Crippen molar-refractivity contribution in [1.82, 2.24) is 0 Å². The SMILES string of the molecule is C=CC(=O)Oc1cc(O)cc2ccc(CCCCCC)cc12. The van der Waals surface area contributed by atoms with Crippen molar-refractivity contribution in [3.8, 4) is 11.5 Å². The second-order valence-corrected chi connectivity index (χ2v) is 5.44. The van der Waals surface area contributed by atoms with E-state index in [1.54, 1.807) is 6.07 Å². The van der Waals surface area contributed by atoms with Crippen LogP contribution in [0.5, 0.6) is 11.5 Å². The predicted octanol–water partition coefficient (Wildman–Crippen LogP) is 4.76. The lowest BCUT2D eigenvalue weighted by atomic mass is 10.0. The summed E-state index contributed by atoms with van der Waals surface area (Å²) in [5.41, 5.74) is 1.21. The van der Waals surface area contributed by atoms with Crippen LogP contribution >= 0.6 is 0 Å². The van der Waals surface area contributed by atoms with Crippen LogP contribution in [0, 0.1) is 0 Å². The summed E-state index contributed by atoms with van der Waals surface area (Å²) < 4.78 is 5.24. The summed E-state index contributed by atoms with van der Waals surface area (Å²) in [6, 6.07) is 9.18. The van der Waals surface area contributed by atoms with Crippen LogP contribution in [0.15, 0.2) is 43.0 Å². The van der Waals surface area contributed by atoms with E-state index in [1.165, 1.54) is 30.9 Å². The number of hydrogen-bond acceptors (Lipinski definition) is 3. The number of unbranched alkanes of at least 4 members (excludes halogenated alkanes) is 3. The van der Waals surface area contributed by atoms with Crippen LogP contribution in [0.3, 0.4) is 0 Å². The molecule has 3 nitrogen and oxygen atoms in total. The van der Waals surface area contributed by atoms with E-state index >= 15 is 0 Å². The summed E-state index contributed by atoms with van der Waals surface area (Å²) >= 11 is 0. The maximum absolute atomic E-state index is 11.4. The lowest BCUT2D eigenvalue weighted by Gasteiger charge is -2.09. The third-order valence-corrected chi connectivity index (χ3v) is 3.66. The van der Waals surface area contributed by atoms with Crippen molar-refractivity contribution >= 4 is 16.7 Å². The van der Waals surface area contributed by atoms with Crippen LogP contribution in [0.4, 0.5) is 0 Å². The van der Waals surface area contributed by atoms with Gasteiger partial charge >= 0.3 is 5.97 Å².